The molecule has 0 N–H and O–H groups in total. The Labute approximate surface area is 135 Å². The van der Waals surface area contributed by atoms with Crippen molar-refractivity contribution in [3.63, 3.8) is 0 Å². The molecular weight excluding hydrogens is 333 g/mol. The number of nitrogens with zero attached hydrogens (tertiary/aromatic N) is 1. The van der Waals surface area contributed by atoms with Gasteiger partial charge >= 0.3 is 5.97 Å². The van der Waals surface area contributed by atoms with Gasteiger partial charge in [0.05, 0.1) is 17.1 Å². The van der Waals surface area contributed by atoms with Crippen molar-refractivity contribution in [1.82, 2.24) is 0 Å². The van der Waals surface area contributed by atoms with Gasteiger partial charge in [-0.2, -0.15) is 0 Å². The Morgan fingerprint density at radius 1 is 1.23 bits per heavy atom. The fourth-order valence-corrected chi connectivity index (χ4v) is 2.03. The summed E-state index contributed by atoms with van der Waals surface area (Å²) in [5.74, 6) is -0.386. The van der Waals surface area contributed by atoms with E-state index < -0.39 is 10.9 Å². The highest BCUT2D eigenvalue weighted by Gasteiger charge is 2.22. The van der Waals surface area contributed by atoms with Crippen LogP contribution in [-0.4, -0.2) is 18.0 Å². The summed E-state index contributed by atoms with van der Waals surface area (Å²) in [6.07, 6.45) is 0. The van der Waals surface area contributed by atoms with Gasteiger partial charge in [-0.25, -0.2) is 4.79 Å². The first kappa shape index (κ1) is 16.1. The molecule has 0 aliphatic heterocycles. The Balaban J connectivity index is 2.42. The van der Waals surface area contributed by atoms with E-state index >= 15 is 0 Å². The molecule has 0 aromatic heterocycles. The van der Waals surface area contributed by atoms with Gasteiger partial charge in [0.15, 0.2) is 0 Å². The number of hydrogen-bond donors (Lipinski definition) is 0. The standard InChI is InChI=1S/C14H9Cl2NO5/c1-21-14(18)9-7-8(5-6-11(9)17(19)20)22-12-4-2-3-10(15)13(12)16/h2-7H,1H3. The van der Waals surface area contributed by atoms with Crippen molar-refractivity contribution in [2.45, 2.75) is 0 Å². The van der Waals surface area contributed by atoms with Crippen LogP contribution in [0.25, 0.3) is 0 Å². The van der Waals surface area contributed by atoms with Crippen molar-refractivity contribution in [1.29, 1.82) is 0 Å². The van der Waals surface area contributed by atoms with Crippen molar-refractivity contribution in [2.75, 3.05) is 7.11 Å². The van der Waals surface area contributed by atoms with Crippen LogP contribution in [0.4, 0.5) is 5.69 Å². The molecule has 0 aliphatic rings. The maximum atomic E-state index is 11.6. The monoisotopic (exact) mass is 341 g/mol. The summed E-state index contributed by atoms with van der Waals surface area (Å²) in [7, 11) is 1.13. The second-order valence-electron chi connectivity index (χ2n) is 4.08. The van der Waals surface area contributed by atoms with Crippen LogP contribution in [0.2, 0.25) is 10.0 Å². The Hall–Kier alpha value is -2.31. The minimum absolute atomic E-state index is 0.190. The molecular formula is C14H9Cl2NO5. The van der Waals surface area contributed by atoms with E-state index in [1.165, 1.54) is 12.1 Å². The van der Waals surface area contributed by atoms with E-state index in [4.69, 9.17) is 27.9 Å². The van der Waals surface area contributed by atoms with Crippen LogP contribution in [0, 0.1) is 10.1 Å². The lowest BCUT2D eigenvalue weighted by molar-refractivity contribution is -0.385. The number of halogens is 2. The van der Waals surface area contributed by atoms with Gasteiger partial charge in [0.2, 0.25) is 0 Å². The van der Waals surface area contributed by atoms with E-state index in [-0.39, 0.29) is 27.8 Å². The number of nitro groups is 1. The van der Waals surface area contributed by atoms with Crippen LogP contribution >= 0.6 is 23.2 Å². The molecule has 0 fully saturated rings. The quantitative estimate of drug-likeness (QED) is 0.465. The van der Waals surface area contributed by atoms with Crippen LogP contribution in [0.3, 0.4) is 0 Å². The number of carbonyl (C=O) groups is 1. The summed E-state index contributed by atoms with van der Waals surface area (Å²) in [4.78, 5) is 21.9. The first-order chi connectivity index (χ1) is 10.4. The van der Waals surface area contributed by atoms with Gasteiger partial charge < -0.3 is 9.47 Å². The summed E-state index contributed by atoms with van der Waals surface area (Å²) >= 11 is 11.9. The maximum Gasteiger partial charge on any atom is 0.345 e. The van der Waals surface area contributed by atoms with E-state index in [0.29, 0.717) is 5.02 Å². The summed E-state index contributed by atoms with van der Waals surface area (Å²) in [5, 5.41) is 11.4. The van der Waals surface area contributed by atoms with Crippen LogP contribution < -0.4 is 4.74 Å². The van der Waals surface area contributed by atoms with Crippen molar-refractivity contribution in [2.24, 2.45) is 0 Å². The Bertz CT molecular complexity index is 748. The molecule has 2 aromatic carbocycles. The van der Waals surface area contributed by atoms with Gasteiger partial charge in [0.1, 0.15) is 22.1 Å². The minimum Gasteiger partial charge on any atom is -0.465 e. The van der Waals surface area contributed by atoms with Gasteiger partial charge in [0, 0.05) is 12.1 Å². The Kier molecular flexibility index (Phi) is 4.85. The minimum atomic E-state index is -0.839. The number of carbonyl (C=O) groups excluding carboxylic acids is 1. The highest BCUT2D eigenvalue weighted by molar-refractivity contribution is 6.42. The molecule has 0 saturated carbocycles. The summed E-state index contributed by atoms with van der Waals surface area (Å²) in [5.41, 5.74) is -0.598. The van der Waals surface area contributed by atoms with E-state index in [1.54, 1.807) is 18.2 Å². The third-order valence-electron chi connectivity index (χ3n) is 2.71. The maximum absolute atomic E-state index is 11.6. The van der Waals surface area contributed by atoms with Gasteiger partial charge in [0.25, 0.3) is 5.69 Å². The van der Waals surface area contributed by atoms with E-state index in [1.807, 2.05) is 0 Å². The lowest BCUT2D eigenvalue weighted by Crippen LogP contribution is -2.05. The van der Waals surface area contributed by atoms with Gasteiger partial charge in [-0.15, -0.1) is 0 Å². The first-order valence-corrected chi connectivity index (χ1v) is 6.68. The fourth-order valence-electron chi connectivity index (χ4n) is 1.70. The zero-order chi connectivity index (χ0) is 16.3. The molecule has 114 valence electrons. The zero-order valence-electron chi connectivity index (χ0n) is 11.2. The second kappa shape index (κ2) is 6.64. The third kappa shape index (κ3) is 3.29. The normalized spacial score (nSPS) is 10.1. The molecule has 0 aliphatic carbocycles. The summed E-state index contributed by atoms with van der Waals surface area (Å²) in [6, 6.07) is 8.51. The van der Waals surface area contributed by atoms with Gasteiger partial charge in [-0.05, 0) is 18.2 Å². The molecule has 0 unspecified atom stereocenters. The molecule has 22 heavy (non-hydrogen) atoms. The van der Waals surface area contributed by atoms with E-state index in [0.717, 1.165) is 13.2 Å². The molecule has 8 heteroatoms. The number of benzene rings is 2. The lowest BCUT2D eigenvalue weighted by Gasteiger charge is -2.09. The Morgan fingerprint density at radius 2 is 1.95 bits per heavy atom. The molecule has 0 heterocycles. The zero-order valence-corrected chi connectivity index (χ0v) is 12.7. The van der Waals surface area contributed by atoms with Crippen LogP contribution in [-0.2, 0) is 4.74 Å². The molecule has 2 rings (SSSR count). The van der Waals surface area contributed by atoms with Gasteiger partial charge in [-0.3, -0.25) is 10.1 Å². The summed E-state index contributed by atoms with van der Waals surface area (Å²) in [6.45, 7) is 0. The third-order valence-corrected chi connectivity index (χ3v) is 3.52. The highest BCUT2D eigenvalue weighted by Crippen LogP contribution is 2.35. The van der Waals surface area contributed by atoms with E-state index in [9.17, 15) is 14.9 Å². The lowest BCUT2D eigenvalue weighted by atomic mass is 10.1. The van der Waals surface area contributed by atoms with Crippen LogP contribution in [0.1, 0.15) is 10.4 Å². The smallest absolute Gasteiger partial charge is 0.345 e. The number of esters is 1. The number of rotatable bonds is 4. The second-order valence-corrected chi connectivity index (χ2v) is 4.87. The average molecular weight is 342 g/mol. The number of ether oxygens (including phenoxy) is 2. The molecule has 0 saturated heterocycles. The first-order valence-electron chi connectivity index (χ1n) is 5.92. The molecule has 0 spiro atoms. The Morgan fingerprint density at radius 3 is 2.59 bits per heavy atom. The molecule has 6 nitrogen and oxygen atoms in total. The molecule has 0 bridgehead atoms. The molecule has 0 amide bonds. The van der Waals surface area contributed by atoms with E-state index in [2.05, 4.69) is 4.74 Å². The fraction of sp³-hybridized carbons (Fsp3) is 0.0714. The number of nitro benzene ring substituents is 1. The summed E-state index contributed by atoms with van der Waals surface area (Å²) < 4.78 is 10.0. The largest absolute Gasteiger partial charge is 0.465 e. The highest BCUT2D eigenvalue weighted by atomic mass is 35.5. The van der Waals surface area contributed by atoms with Crippen LogP contribution in [0.5, 0.6) is 11.5 Å². The molecule has 2 aromatic rings. The van der Waals surface area contributed by atoms with Crippen molar-refractivity contribution in [3.8, 4) is 11.5 Å². The van der Waals surface area contributed by atoms with Crippen molar-refractivity contribution >= 4 is 34.9 Å². The average Bonchev–Trinajstić information content (AvgIpc) is 2.50. The van der Waals surface area contributed by atoms with Gasteiger partial charge in [-0.1, -0.05) is 29.3 Å². The number of hydrogen-bond acceptors (Lipinski definition) is 5. The predicted octanol–water partition coefficient (Wildman–Crippen LogP) is 4.48. The SMILES string of the molecule is COC(=O)c1cc(Oc2cccc(Cl)c2Cl)ccc1[N+](=O)[O-]. The molecule has 0 atom stereocenters. The van der Waals surface area contributed by atoms with Crippen molar-refractivity contribution in [3.05, 3.63) is 62.1 Å². The van der Waals surface area contributed by atoms with Crippen LogP contribution in [0.15, 0.2) is 36.4 Å². The number of methoxy groups -OCH3 is 1. The molecule has 0 radical (unpaired) electrons. The van der Waals surface area contributed by atoms with Crippen molar-refractivity contribution < 1.29 is 19.2 Å². The predicted molar refractivity (Wildman–Crippen MR) is 81.0 cm³/mol. The topological polar surface area (TPSA) is 78.7 Å².